The van der Waals surface area contributed by atoms with Crippen molar-refractivity contribution < 1.29 is 13.2 Å². The quantitative estimate of drug-likeness (QED) is 0.796. The third-order valence-corrected chi connectivity index (χ3v) is 3.19. The lowest BCUT2D eigenvalue weighted by Gasteiger charge is -2.06. The van der Waals surface area contributed by atoms with Gasteiger partial charge in [0, 0.05) is 5.56 Å². The summed E-state index contributed by atoms with van der Waals surface area (Å²) in [5, 5.41) is 0.456. The number of halogens is 4. The SMILES string of the molecule is FC(F)(F)c1cccc(-c2nc(Br)ns2)c1. The number of hydrogen-bond donors (Lipinski definition) is 0. The van der Waals surface area contributed by atoms with Crippen molar-refractivity contribution in [1.82, 2.24) is 9.36 Å². The molecule has 7 heteroatoms. The lowest BCUT2D eigenvalue weighted by Crippen LogP contribution is -2.04. The van der Waals surface area contributed by atoms with E-state index in [9.17, 15) is 13.2 Å². The molecule has 0 spiro atoms. The maximum absolute atomic E-state index is 12.4. The van der Waals surface area contributed by atoms with Crippen molar-refractivity contribution in [3.05, 3.63) is 34.6 Å². The molecule has 2 rings (SSSR count). The predicted molar refractivity (Wildman–Crippen MR) is 58.0 cm³/mol. The van der Waals surface area contributed by atoms with Crippen molar-refractivity contribution in [2.75, 3.05) is 0 Å². The number of benzene rings is 1. The average molecular weight is 309 g/mol. The summed E-state index contributed by atoms with van der Waals surface area (Å²) >= 11 is 4.10. The van der Waals surface area contributed by atoms with E-state index in [0.29, 0.717) is 15.3 Å². The second kappa shape index (κ2) is 4.14. The zero-order chi connectivity index (χ0) is 11.8. The number of hydrogen-bond acceptors (Lipinski definition) is 3. The fourth-order valence-electron chi connectivity index (χ4n) is 1.15. The van der Waals surface area contributed by atoms with E-state index in [4.69, 9.17) is 0 Å². The van der Waals surface area contributed by atoms with Crippen molar-refractivity contribution in [1.29, 1.82) is 0 Å². The van der Waals surface area contributed by atoms with E-state index < -0.39 is 11.7 Å². The van der Waals surface area contributed by atoms with Crippen molar-refractivity contribution >= 4 is 27.5 Å². The molecule has 1 heterocycles. The normalized spacial score (nSPS) is 11.8. The highest BCUT2D eigenvalue weighted by molar-refractivity contribution is 9.10. The molecule has 0 unspecified atom stereocenters. The van der Waals surface area contributed by atoms with E-state index in [1.54, 1.807) is 6.07 Å². The first-order chi connectivity index (χ1) is 7.47. The Kier molecular flexibility index (Phi) is 2.98. The number of rotatable bonds is 1. The molecule has 2 aromatic rings. The van der Waals surface area contributed by atoms with Crippen LogP contribution >= 0.6 is 27.5 Å². The molecule has 1 aromatic heterocycles. The van der Waals surface area contributed by atoms with Crippen LogP contribution in [0.5, 0.6) is 0 Å². The fourth-order valence-corrected chi connectivity index (χ4v) is 2.23. The van der Waals surface area contributed by atoms with Crippen LogP contribution in [0.15, 0.2) is 29.0 Å². The summed E-state index contributed by atoms with van der Waals surface area (Å²) in [7, 11) is 0. The summed E-state index contributed by atoms with van der Waals surface area (Å²) in [4.78, 5) is 3.96. The average Bonchev–Trinajstić information content (AvgIpc) is 2.64. The summed E-state index contributed by atoms with van der Waals surface area (Å²) in [6, 6.07) is 5.02. The summed E-state index contributed by atoms with van der Waals surface area (Å²) < 4.78 is 41.6. The van der Waals surface area contributed by atoms with Gasteiger partial charge in [0.25, 0.3) is 0 Å². The van der Waals surface area contributed by atoms with Crippen LogP contribution < -0.4 is 0 Å². The van der Waals surface area contributed by atoms with E-state index >= 15 is 0 Å². The predicted octanol–water partition coefficient (Wildman–Crippen LogP) is 3.99. The van der Waals surface area contributed by atoms with Crippen LogP contribution in [0.2, 0.25) is 0 Å². The Labute approximate surface area is 101 Å². The molecule has 0 N–H and O–H groups in total. The maximum atomic E-state index is 12.4. The van der Waals surface area contributed by atoms with Crippen LogP contribution in [-0.2, 0) is 6.18 Å². The first-order valence-corrected chi connectivity index (χ1v) is 5.70. The summed E-state index contributed by atoms with van der Waals surface area (Å²) in [6.45, 7) is 0. The van der Waals surface area contributed by atoms with Gasteiger partial charge in [-0.3, -0.25) is 0 Å². The van der Waals surface area contributed by atoms with E-state index in [-0.39, 0.29) is 0 Å². The largest absolute Gasteiger partial charge is 0.416 e. The van der Waals surface area contributed by atoms with Crippen LogP contribution in [0.3, 0.4) is 0 Å². The van der Waals surface area contributed by atoms with Gasteiger partial charge in [0.15, 0.2) is 0 Å². The molecule has 0 aliphatic rings. The van der Waals surface area contributed by atoms with Gasteiger partial charge in [-0.05, 0) is 39.6 Å². The van der Waals surface area contributed by atoms with E-state index in [2.05, 4.69) is 25.3 Å². The van der Waals surface area contributed by atoms with Gasteiger partial charge in [-0.1, -0.05) is 12.1 Å². The van der Waals surface area contributed by atoms with E-state index in [1.165, 1.54) is 6.07 Å². The molecule has 84 valence electrons. The molecular weight excluding hydrogens is 305 g/mol. The van der Waals surface area contributed by atoms with Crippen LogP contribution in [0.25, 0.3) is 10.6 Å². The minimum atomic E-state index is -4.34. The Balaban J connectivity index is 2.44. The molecule has 0 aliphatic carbocycles. The van der Waals surface area contributed by atoms with Gasteiger partial charge < -0.3 is 0 Å². The van der Waals surface area contributed by atoms with Gasteiger partial charge >= 0.3 is 6.18 Å². The molecule has 1 aromatic carbocycles. The molecule has 0 fully saturated rings. The molecule has 2 nitrogen and oxygen atoms in total. The topological polar surface area (TPSA) is 25.8 Å². The highest BCUT2D eigenvalue weighted by Crippen LogP contribution is 2.32. The van der Waals surface area contributed by atoms with E-state index in [0.717, 1.165) is 23.7 Å². The number of alkyl halides is 3. The highest BCUT2D eigenvalue weighted by Gasteiger charge is 2.30. The van der Waals surface area contributed by atoms with E-state index in [1.807, 2.05) is 0 Å². The zero-order valence-electron chi connectivity index (χ0n) is 7.62. The first-order valence-electron chi connectivity index (χ1n) is 4.13. The second-order valence-corrected chi connectivity index (χ2v) is 4.41. The fraction of sp³-hybridized carbons (Fsp3) is 0.111. The molecule has 0 saturated carbocycles. The van der Waals surface area contributed by atoms with Crippen molar-refractivity contribution in [3.63, 3.8) is 0 Å². The summed E-state index contributed by atoms with van der Waals surface area (Å²) in [6.07, 6.45) is -4.34. The lowest BCUT2D eigenvalue weighted by atomic mass is 10.1. The third-order valence-electron chi connectivity index (χ3n) is 1.84. The van der Waals surface area contributed by atoms with Gasteiger partial charge in [-0.15, -0.1) is 0 Å². The third kappa shape index (κ3) is 2.41. The highest BCUT2D eigenvalue weighted by atomic mass is 79.9. The Bertz CT molecular complexity index is 509. The van der Waals surface area contributed by atoms with Gasteiger partial charge in [0.05, 0.1) is 5.56 Å². The van der Waals surface area contributed by atoms with Crippen LogP contribution in [0.1, 0.15) is 5.56 Å². The Hall–Kier alpha value is -0.950. The molecule has 16 heavy (non-hydrogen) atoms. The minimum absolute atomic E-state index is 0.380. The first kappa shape index (κ1) is 11.5. The molecule has 0 bridgehead atoms. The Morgan fingerprint density at radius 3 is 2.56 bits per heavy atom. The standard InChI is InChI=1S/C9H4BrF3N2S/c10-8-14-7(16-15-8)5-2-1-3-6(4-5)9(11,12)13/h1-4H. The summed E-state index contributed by atoms with van der Waals surface area (Å²) in [5.41, 5.74) is -0.269. The lowest BCUT2D eigenvalue weighted by molar-refractivity contribution is -0.137. The van der Waals surface area contributed by atoms with Crippen molar-refractivity contribution in [2.24, 2.45) is 0 Å². The molecule has 0 aliphatic heterocycles. The molecule has 0 saturated heterocycles. The maximum Gasteiger partial charge on any atom is 0.416 e. The van der Waals surface area contributed by atoms with Crippen molar-refractivity contribution in [2.45, 2.75) is 6.18 Å². The molecular formula is C9H4BrF3N2S. The van der Waals surface area contributed by atoms with Crippen molar-refractivity contribution in [3.8, 4) is 10.6 Å². The Morgan fingerprint density at radius 1 is 1.25 bits per heavy atom. The van der Waals surface area contributed by atoms with Crippen LogP contribution in [0.4, 0.5) is 13.2 Å². The molecule has 0 atom stereocenters. The van der Waals surface area contributed by atoms with Gasteiger partial charge in [0.1, 0.15) is 5.01 Å². The monoisotopic (exact) mass is 308 g/mol. The second-order valence-electron chi connectivity index (χ2n) is 2.95. The molecule has 0 amide bonds. The number of aromatic nitrogens is 2. The summed E-state index contributed by atoms with van der Waals surface area (Å²) in [5.74, 6) is 0. The minimum Gasteiger partial charge on any atom is -0.209 e. The molecule has 0 radical (unpaired) electrons. The van der Waals surface area contributed by atoms with Gasteiger partial charge in [0.2, 0.25) is 4.73 Å². The Morgan fingerprint density at radius 2 is 2.00 bits per heavy atom. The zero-order valence-corrected chi connectivity index (χ0v) is 10.0. The van der Waals surface area contributed by atoms with Crippen LogP contribution in [-0.4, -0.2) is 9.36 Å². The van der Waals surface area contributed by atoms with Gasteiger partial charge in [-0.25, -0.2) is 4.98 Å². The van der Waals surface area contributed by atoms with Gasteiger partial charge in [-0.2, -0.15) is 17.5 Å². The van der Waals surface area contributed by atoms with Crippen LogP contribution in [0, 0.1) is 0 Å². The number of nitrogens with zero attached hydrogens (tertiary/aromatic N) is 2. The smallest absolute Gasteiger partial charge is 0.209 e.